The van der Waals surface area contributed by atoms with E-state index in [2.05, 4.69) is 10.6 Å². The minimum atomic E-state index is -0.00539. The second-order valence-electron chi connectivity index (χ2n) is 3.56. The average Bonchev–Trinajstić information content (AvgIpc) is 2.29. The van der Waals surface area contributed by atoms with Crippen molar-refractivity contribution in [2.75, 3.05) is 39.3 Å². The normalized spacial score (nSPS) is 21.1. The van der Waals surface area contributed by atoms with Crippen molar-refractivity contribution in [2.45, 2.75) is 20.0 Å². The van der Waals surface area contributed by atoms with Gasteiger partial charge >= 0.3 is 6.03 Å². The topological polar surface area (TPSA) is 53.6 Å². The highest BCUT2D eigenvalue weighted by atomic mass is 16.5. The lowest BCUT2D eigenvalue weighted by atomic mass is 10.3. The second-order valence-corrected chi connectivity index (χ2v) is 3.56. The number of nitrogens with zero attached hydrogens (tertiary/aromatic N) is 1. The summed E-state index contributed by atoms with van der Waals surface area (Å²) in [6.45, 7) is 8.47. The zero-order valence-corrected chi connectivity index (χ0v) is 9.58. The molecule has 0 bridgehead atoms. The van der Waals surface area contributed by atoms with Crippen molar-refractivity contribution in [3.63, 3.8) is 0 Å². The van der Waals surface area contributed by atoms with Gasteiger partial charge in [-0.15, -0.1) is 0 Å². The van der Waals surface area contributed by atoms with E-state index < -0.39 is 0 Å². The third-order valence-electron chi connectivity index (χ3n) is 2.54. The summed E-state index contributed by atoms with van der Waals surface area (Å²) in [6.07, 6.45) is 0.110. The summed E-state index contributed by atoms with van der Waals surface area (Å²) in [5.74, 6) is 0. The zero-order valence-electron chi connectivity index (χ0n) is 9.58. The highest BCUT2D eigenvalue weighted by molar-refractivity contribution is 5.74. The van der Waals surface area contributed by atoms with E-state index in [0.29, 0.717) is 6.54 Å². The monoisotopic (exact) mass is 215 g/mol. The van der Waals surface area contributed by atoms with Gasteiger partial charge in [0.15, 0.2) is 0 Å². The molecule has 1 aliphatic rings. The van der Waals surface area contributed by atoms with Crippen molar-refractivity contribution in [1.29, 1.82) is 0 Å². The molecule has 5 heteroatoms. The number of hydrogen-bond donors (Lipinski definition) is 2. The molecule has 1 heterocycles. The number of amides is 2. The third kappa shape index (κ3) is 4.05. The fourth-order valence-corrected chi connectivity index (χ4v) is 1.57. The number of ether oxygens (including phenoxy) is 1. The van der Waals surface area contributed by atoms with Crippen LogP contribution in [0.1, 0.15) is 13.8 Å². The lowest BCUT2D eigenvalue weighted by molar-refractivity contribution is 0.0300. The van der Waals surface area contributed by atoms with Gasteiger partial charge in [-0.05, 0) is 13.8 Å². The van der Waals surface area contributed by atoms with E-state index in [1.165, 1.54) is 0 Å². The van der Waals surface area contributed by atoms with Crippen LogP contribution >= 0.6 is 0 Å². The van der Waals surface area contributed by atoms with Crippen molar-refractivity contribution >= 4 is 6.03 Å². The van der Waals surface area contributed by atoms with Crippen LogP contribution in [0.5, 0.6) is 0 Å². The Balaban J connectivity index is 2.20. The molecule has 88 valence electrons. The van der Waals surface area contributed by atoms with Crippen LogP contribution in [-0.2, 0) is 4.74 Å². The van der Waals surface area contributed by atoms with Gasteiger partial charge in [0.1, 0.15) is 0 Å². The van der Waals surface area contributed by atoms with Crippen molar-refractivity contribution in [3.05, 3.63) is 0 Å². The van der Waals surface area contributed by atoms with E-state index >= 15 is 0 Å². The van der Waals surface area contributed by atoms with Crippen molar-refractivity contribution < 1.29 is 9.53 Å². The Morgan fingerprint density at radius 3 is 2.80 bits per heavy atom. The first kappa shape index (κ1) is 12.3. The van der Waals surface area contributed by atoms with Gasteiger partial charge in [-0.2, -0.15) is 0 Å². The quantitative estimate of drug-likeness (QED) is 0.695. The Morgan fingerprint density at radius 1 is 1.53 bits per heavy atom. The molecule has 0 aliphatic carbocycles. The van der Waals surface area contributed by atoms with Crippen LogP contribution < -0.4 is 10.6 Å². The Morgan fingerprint density at radius 2 is 2.27 bits per heavy atom. The van der Waals surface area contributed by atoms with Crippen LogP contribution in [0.4, 0.5) is 4.79 Å². The molecule has 0 radical (unpaired) electrons. The molecule has 15 heavy (non-hydrogen) atoms. The maximum atomic E-state index is 11.6. The summed E-state index contributed by atoms with van der Waals surface area (Å²) < 4.78 is 5.48. The van der Waals surface area contributed by atoms with Gasteiger partial charge in [0, 0.05) is 32.7 Å². The zero-order chi connectivity index (χ0) is 11.1. The molecule has 0 aromatic heterocycles. The molecule has 1 saturated heterocycles. The summed E-state index contributed by atoms with van der Waals surface area (Å²) >= 11 is 0. The first-order valence-corrected chi connectivity index (χ1v) is 5.63. The lowest BCUT2D eigenvalue weighted by Gasteiger charge is -2.25. The van der Waals surface area contributed by atoms with Crippen LogP contribution in [0.15, 0.2) is 0 Å². The van der Waals surface area contributed by atoms with Gasteiger partial charge in [0.25, 0.3) is 0 Å². The summed E-state index contributed by atoms with van der Waals surface area (Å²) in [4.78, 5) is 13.3. The van der Waals surface area contributed by atoms with E-state index in [-0.39, 0.29) is 12.1 Å². The molecular weight excluding hydrogens is 194 g/mol. The minimum Gasteiger partial charge on any atom is -0.374 e. The molecule has 1 rings (SSSR count). The molecule has 0 aromatic rings. The molecule has 2 N–H and O–H groups in total. The van der Waals surface area contributed by atoms with E-state index in [4.69, 9.17) is 4.74 Å². The van der Waals surface area contributed by atoms with E-state index in [1.807, 2.05) is 13.8 Å². The highest BCUT2D eigenvalue weighted by Gasteiger charge is 2.15. The Bertz CT molecular complexity index is 189. The van der Waals surface area contributed by atoms with Crippen molar-refractivity contribution in [2.24, 2.45) is 0 Å². The fourth-order valence-electron chi connectivity index (χ4n) is 1.57. The lowest BCUT2D eigenvalue weighted by Crippen LogP contribution is -2.48. The standard InChI is InChI=1S/C10H21N3O2/c1-3-13(4-2)10(14)12-8-9-7-11-5-6-15-9/h9,11H,3-8H2,1-2H3,(H,12,14). The van der Waals surface area contributed by atoms with Crippen LogP contribution in [-0.4, -0.2) is 56.4 Å². The predicted octanol–water partition coefficient (Wildman–Crippen LogP) is 0.0262. The first-order chi connectivity index (χ1) is 7.27. The predicted molar refractivity (Wildman–Crippen MR) is 58.9 cm³/mol. The van der Waals surface area contributed by atoms with Gasteiger partial charge < -0.3 is 20.3 Å². The van der Waals surface area contributed by atoms with Crippen molar-refractivity contribution in [3.8, 4) is 0 Å². The molecule has 1 atom stereocenters. The molecule has 2 amide bonds. The van der Waals surface area contributed by atoms with E-state index in [9.17, 15) is 4.79 Å². The minimum absolute atomic E-state index is 0.00539. The van der Waals surface area contributed by atoms with Crippen LogP contribution in [0.2, 0.25) is 0 Å². The largest absolute Gasteiger partial charge is 0.374 e. The Kier molecular flexibility index (Phi) is 5.42. The van der Waals surface area contributed by atoms with Gasteiger partial charge in [0.2, 0.25) is 0 Å². The average molecular weight is 215 g/mol. The highest BCUT2D eigenvalue weighted by Crippen LogP contribution is 1.95. The van der Waals surface area contributed by atoms with Gasteiger partial charge in [0.05, 0.1) is 12.7 Å². The van der Waals surface area contributed by atoms with E-state index in [0.717, 1.165) is 32.8 Å². The molecule has 0 spiro atoms. The SMILES string of the molecule is CCN(CC)C(=O)NCC1CNCCO1. The number of carbonyl (C=O) groups is 1. The van der Waals surface area contributed by atoms with Gasteiger partial charge in [-0.3, -0.25) is 0 Å². The maximum Gasteiger partial charge on any atom is 0.317 e. The third-order valence-corrected chi connectivity index (χ3v) is 2.54. The summed E-state index contributed by atoms with van der Waals surface area (Å²) in [6, 6.07) is -0.00539. The fraction of sp³-hybridized carbons (Fsp3) is 0.900. The number of morpholine rings is 1. The Labute approximate surface area is 91.2 Å². The summed E-state index contributed by atoms with van der Waals surface area (Å²) in [5.41, 5.74) is 0. The number of urea groups is 1. The van der Waals surface area contributed by atoms with E-state index in [1.54, 1.807) is 4.90 Å². The summed E-state index contributed by atoms with van der Waals surface area (Å²) in [7, 11) is 0. The number of hydrogen-bond acceptors (Lipinski definition) is 3. The molecule has 1 aliphatic heterocycles. The Hall–Kier alpha value is -0.810. The van der Waals surface area contributed by atoms with Crippen LogP contribution in [0, 0.1) is 0 Å². The van der Waals surface area contributed by atoms with Crippen molar-refractivity contribution in [1.82, 2.24) is 15.5 Å². The molecule has 0 saturated carbocycles. The molecule has 0 aromatic carbocycles. The number of carbonyl (C=O) groups excluding carboxylic acids is 1. The van der Waals surface area contributed by atoms with Gasteiger partial charge in [-0.1, -0.05) is 0 Å². The number of rotatable bonds is 4. The molecular formula is C10H21N3O2. The molecule has 1 fully saturated rings. The van der Waals surface area contributed by atoms with Crippen LogP contribution in [0.25, 0.3) is 0 Å². The first-order valence-electron chi connectivity index (χ1n) is 5.63. The molecule has 1 unspecified atom stereocenters. The maximum absolute atomic E-state index is 11.6. The second kappa shape index (κ2) is 6.63. The smallest absolute Gasteiger partial charge is 0.317 e. The summed E-state index contributed by atoms with van der Waals surface area (Å²) in [5, 5.41) is 6.10. The van der Waals surface area contributed by atoms with Crippen LogP contribution in [0.3, 0.4) is 0 Å². The number of nitrogens with one attached hydrogen (secondary N) is 2. The van der Waals surface area contributed by atoms with Gasteiger partial charge in [-0.25, -0.2) is 4.79 Å². The molecule has 5 nitrogen and oxygen atoms in total.